The van der Waals surface area contributed by atoms with Gasteiger partial charge in [-0.15, -0.1) is 11.8 Å². The number of benzene rings is 1. The molecular weight excluding hydrogens is 389 g/mol. The molecule has 0 aliphatic heterocycles. The molecule has 0 saturated heterocycles. The minimum Gasteiger partial charge on any atom is -0.452 e. The molecule has 0 fully saturated rings. The fourth-order valence-electron chi connectivity index (χ4n) is 1.98. The van der Waals surface area contributed by atoms with Gasteiger partial charge in [-0.2, -0.15) is 0 Å². The summed E-state index contributed by atoms with van der Waals surface area (Å²) >= 11 is 1.06. The van der Waals surface area contributed by atoms with Crippen LogP contribution < -0.4 is 10.6 Å². The van der Waals surface area contributed by atoms with Gasteiger partial charge in [-0.25, -0.2) is 4.39 Å². The number of hydrogen-bond acceptors (Lipinski definition) is 7. The van der Waals surface area contributed by atoms with Crippen molar-refractivity contribution >= 4 is 41.1 Å². The van der Waals surface area contributed by atoms with Crippen LogP contribution in [-0.4, -0.2) is 40.0 Å². The van der Waals surface area contributed by atoms with Gasteiger partial charge in [-0.1, -0.05) is 5.16 Å². The molecule has 0 bridgehead atoms. The number of hydrogen-bond donors (Lipinski definition) is 2. The van der Waals surface area contributed by atoms with Gasteiger partial charge in [0.05, 0.1) is 11.0 Å². The largest absolute Gasteiger partial charge is 0.452 e. The molecule has 2 amide bonds. The van der Waals surface area contributed by atoms with Crippen LogP contribution in [0.25, 0.3) is 0 Å². The van der Waals surface area contributed by atoms with Gasteiger partial charge in [0.1, 0.15) is 11.6 Å². The molecule has 2 atom stereocenters. The molecule has 0 saturated carbocycles. The molecular formula is C18H20FN3O5S. The van der Waals surface area contributed by atoms with Crippen molar-refractivity contribution in [3.63, 3.8) is 0 Å². The Kier molecular flexibility index (Phi) is 7.56. The van der Waals surface area contributed by atoms with Crippen LogP contribution in [-0.2, 0) is 19.1 Å². The van der Waals surface area contributed by atoms with Crippen molar-refractivity contribution in [1.82, 2.24) is 5.16 Å². The molecule has 0 spiro atoms. The second kappa shape index (κ2) is 9.88. The minimum absolute atomic E-state index is 0.111. The van der Waals surface area contributed by atoms with Crippen molar-refractivity contribution in [3.8, 4) is 0 Å². The maximum absolute atomic E-state index is 12.9. The number of carbonyl (C=O) groups is 3. The minimum atomic E-state index is -1.04. The highest BCUT2D eigenvalue weighted by atomic mass is 32.2. The lowest BCUT2D eigenvalue weighted by Gasteiger charge is -2.14. The van der Waals surface area contributed by atoms with Crippen molar-refractivity contribution in [1.29, 1.82) is 0 Å². The second-order valence-corrected chi connectivity index (χ2v) is 7.22. The van der Waals surface area contributed by atoms with Gasteiger partial charge in [0.2, 0.25) is 5.91 Å². The Labute approximate surface area is 165 Å². The lowest BCUT2D eigenvalue weighted by Crippen LogP contribution is -2.31. The first-order chi connectivity index (χ1) is 13.2. The van der Waals surface area contributed by atoms with E-state index >= 15 is 0 Å². The smallest absolute Gasteiger partial charge is 0.316 e. The van der Waals surface area contributed by atoms with E-state index in [-0.39, 0.29) is 11.7 Å². The van der Waals surface area contributed by atoms with Crippen molar-refractivity contribution < 1.29 is 28.0 Å². The molecule has 8 nitrogen and oxygen atoms in total. The maximum atomic E-state index is 12.9. The average molecular weight is 409 g/mol. The van der Waals surface area contributed by atoms with Crippen molar-refractivity contribution in [2.75, 3.05) is 16.4 Å². The maximum Gasteiger partial charge on any atom is 0.316 e. The zero-order chi connectivity index (χ0) is 20.7. The Hall–Kier alpha value is -2.88. The van der Waals surface area contributed by atoms with Crippen molar-refractivity contribution in [3.05, 3.63) is 41.9 Å². The number of thioether (sulfide) groups is 1. The molecule has 150 valence electrons. The highest BCUT2D eigenvalue weighted by Gasteiger charge is 2.21. The van der Waals surface area contributed by atoms with E-state index in [0.717, 1.165) is 11.8 Å². The number of carbonyl (C=O) groups excluding carboxylic acids is 3. The number of halogens is 1. The summed E-state index contributed by atoms with van der Waals surface area (Å²) in [5.74, 6) is -1.20. The first kappa shape index (κ1) is 21.4. The normalized spacial score (nSPS) is 12.7. The Balaban J connectivity index is 1.73. The standard InChI is InChI=1S/C18H20FN3O5S/c1-10-8-15(22-27-10)21-18(25)12(3)28-9-16(23)26-11(2)17(24)20-14-6-4-13(19)5-7-14/h4-8,11-12H,9H2,1-3H3,(H,20,24)(H,21,22,25)/t11-,12-/m0/s1. The van der Waals surface area contributed by atoms with Crippen LogP contribution in [0.15, 0.2) is 34.9 Å². The second-order valence-electron chi connectivity index (χ2n) is 5.89. The molecule has 1 aromatic carbocycles. The highest BCUT2D eigenvalue weighted by molar-refractivity contribution is 8.01. The fourth-order valence-corrected chi connectivity index (χ4v) is 2.65. The lowest BCUT2D eigenvalue weighted by atomic mass is 10.3. The molecule has 2 N–H and O–H groups in total. The third-order valence-electron chi connectivity index (χ3n) is 3.49. The first-order valence-electron chi connectivity index (χ1n) is 8.36. The van der Waals surface area contributed by atoms with E-state index in [0.29, 0.717) is 17.3 Å². The summed E-state index contributed by atoms with van der Waals surface area (Å²) in [6.45, 7) is 4.75. The first-order valence-corrected chi connectivity index (χ1v) is 9.41. The SMILES string of the molecule is Cc1cc(NC(=O)[C@H](C)SCC(=O)O[C@@H](C)C(=O)Nc2ccc(F)cc2)no1. The van der Waals surface area contributed by atoms with Gasteiger partial charge in [0.15, 0.2) is 11.9 Å². The summed E-state index contributed by atoms with van der Waals surface area (Å²) in [6.07, 6.45) is -1.04. The lowest BCUT2D eigenvalue weighted by molar-refractivity contribution is -0.150. The number of aryl methyl sites for hydroxylation is 1. The average Bonchev–Trinajstić information content (AvgIpc) is 3.06. The zero-order valence-corrected chi connectivity index (χ0v) is 16.3. The predicted molar refractivity (Wildman–Crippen MR) is 102 cm³/mol. The molecule has 10 heteroatoms. The van der Waals surface area contributed by atoms with Crippen LogP contribution in [0.5, 0.6) is 0 Å². The number of esters is 1. The van der Waals surface area contributed by atoms with E-state index in [9.17, 15) is 18.8 Å². The Morgan fingerprint density at radius 1 is 1.18 bits per heavy atom. The van der Waals surface area contributed by atoms with E-state index in [1.165, 1.54) is 31.2 Å². The molecule has 0 aliphatic rings. The third kappa shape index (κ3) is 6.69. The van der Waals surface area contributed by atoms with Gasteiger partial charge in [-0.3, -0.25) is 14.4 Å². The molecule has 1 aromatic heterocycles. The fraction of sp³-hybridized carbons (Fsp3) is 0.333. The zero-order valence-electron chi connectivity index (χ0n) is 15.5. The number of rotatable bonds is 8. The number of ether oxygens (including phenoxy) is 1. The Bertz CT molecular complexity index is 840. The Morgan fingerprint density at radius 3 is 2.46 bits per heavy atom. The number of aromatic nitrogens is 1. The van der Waals surface area contributed by atoms with Crippen LogP contribution in [0.2, 0.25) is 0 Å². The topological polar surface area (TPSA) is 111 Å². The van der Waals surface area contributed by atoms with Crippen LogP contribution in [0.3, 0.4) is 0 Å². The number of nitrogens with zero attached hydrogens (tertiary/aromatic N) is 1. The monoisotopic (exact) mass is 409 g/mol. The number of amides is 2. The van der Waals surface area contributed by atoms with Crippen LogP contribution >= 0.6 is 11.8 Å². The van der Waals surface area contributed by atoms with Gasteiger partial charge < -0.3 is 19.9 Å². The van der Waals surface area contributed by atoms with Gasteiger partial charge >= 0.3 is 5.97 Å². The van der Waals surface area contributed by atoms with Gasteiger partial charge in [-0.05, 0) is 45.0 Å². The summed E-state index contributed by atoms with van der Waals surface area (Å²) in [5.41, 5.74) is 0.386. The summed E-state index contributed by atoms with van der Waals surface area (Å²) in [7, 11) is 0. The summed E-state index contributed by atoms with van der Waals surface area (Å²) < 4.78 is 22.8. The van der Waals surface area contributed by atoms with E-state index in [1.54, 1.807) is 19.9 Å². The molecule has 2 rings (SSSR count). The van der Waals surface area contributed by atoms with Crippen LogP contribution in [0, 0.1) is 12.7 Å². The predicted octanol–water partition coefficient (Wildman–Crippen LogP) is 2.75. The summed E-state index contributed by atoms with van der Waals surface area (Å²) in [4.78, 5) is 36.0. The van der Waals surface area contributed by atoms with Gasteiger partial charge in [0.25, 0.3) is 5.91 Å². The van der Waals surface area contributed by atoms with E-state index in [4.69, 9.17) is 9.26 Å². The highest BCUT2D eigenvalue weighted by Crippen LogP contribution is 2.15. The van der Waals surface area contributed by atoms with Gasteiger partial charge in [0, 0.05) is 11.8 Å². The van der Waals surface area contributed by atoms with E-state index < -0.39 is 29.0 Å². The summed E-state index contributed by atoms with van der Waals surface area (Å²) in [6, 6.07) is 6.78. The van der Waals surface area contributed by atoms with Crippen molar-refractivity contribution in [2.45, 2.75) is 32.1 Å². The van der Waals surface area contributed by atoms with Crippen LogP contribution in [0.1, 0.15) is 19.6 Å². The molecule has 0 radical (unpaired) electrons. The van der Waals surface area contributed by atoms with Crippen LogP contribution in [0.4, 0.5) is 15.9 Å². The van der Waals surface area contributed by atoms with E-state index in [1.807, 2.05) is 0 Å². The van der Waals surface area contributed by atoms with E-state index in [2.05, 4.69) is 15.8 Å². The molecule has 28 heavy (non-hydrogen) atoms. The third-order valence-corrected chi connectivity index (χ3v) is 4.61. The molecule has 0 unspecified atom stereocenters. The molecule has 2 aromatic rings. The summed E-state index contributed by atoms with van der Waals surface area (Å²) in [5, 5.41) is 8.20. The molecule has 1 heterocycles. The number of nitrogens with one attached hydrogen (secondary N) is 2. The molecule has 0 aliphatic carbocycles. The Morgan fingerprint density at radius 2 is 1.86 bits per heavy atom. The number of anilines is 2. The quantitative estimate of drug-likeness (QED) is 0.645. The van der Waals surface area contributed by atoms with Crippen molar-refractivity contribution in [2.24, 2.45) is 0 Å².